The van der Waals surface area contributed by atoms with Gasteiger partial charge in [-0.3, -0.25) is 0 Å². The van der Waals surface area contributed by atoms with E-state index >= 15 is 0 Å². The molecule has 0 spiro atoms. The molecule has 0 amide bonds. The van der Waals surface area contributed by atoms with Crippen LogP contribution < -0.4 is 0 Å². The Morgan fingerprint density at radius 1 is 0.909 bits per heavy atom. The second-order valence-corrected chi connectivity index (χ2v) is 6.52. The van der Waals surface area contributed by atoms with Gasteiger partial charge in [0.25, 0.3) is 0 Å². The molecule has 1 aliphatic rings. The SMILES string of the molecule is CC1CCC(c2ccc(-c3ccc(CF)c(F)c3)cc2)CC1. The van der Waals surface area contributed by atoms with Gasteiger partial charge < -0.3 is 0 Å². The maximum absolute atomic E-state index is 13.7. The van der Waals surface area contributed by atoms with Crippen LogP contribution in [0.3, 0.4) is 0 Å². The maximum Gasteiger partial charge on any atom is 0.129 e. The van der Waals surface area contributed by atoms with E-state index in [1.165, 1.54) is 43.4 Å². The lowest BCUT2D eigenvalue weighted by molar-refractivity contribution is 0.348. The standard InChI is InChI=1S/C20H22F2/c1-14-2-4-15(5-3-14)16-6-8-17(9-7-16)18-10-11-19(13-21)20(22)12-18/h6-12,14-15H,2-5,13H2,1H3. The van der Waals surface area contributed by atoms with Crippen LogP contribution in [0.15, 0.2) is 42.5 Å². The highest BCUT2D eigenvalue weighted by atomic mass is 19.1. The molecule has 0 saturated heterocycles. The molecule has 0 nitrogen and oxygen atoms in total. The average molecular weight is 300 g/mol. The van der Waals surface area contributed by atoms with Crippen molar-refractivity contribution in [1.29, 1.82) is 0 Å². The Labute approximate surface area is 131 Å². The Morgan fingerprint density at radius 2 is 1.55 bits per heavy atom. The zero-order valence-corrected chi connectivity index (χ0v) is 13.0. The van der Waals surface area contributed by atoms with Crippen molar-refractivity contribution in [1.82, 2.24) is 0 Å². The molecule has 3 rings (SSSR count). The van der Waals surface area contributed by atoms with Gasteiger partial charge in [-0.1, -0.05) is 56.2 Å². The summed E-state index contributed by atoms with van der Waals surface area (Å²) in [6.45, 7) is 1.57. The molecule has 0 atom stereocenters. The van der Waals surface area contributed by atoms with Crippen molar-refractivity contribution in [2.24, 2.45) is 5.92 Å². The van der Waals surface area contributed by atoms with Gasteiger partial charge in [0, 0.05) is 5.56 Å². The zero-order chi connectivity index (χ0) is 15.5. The maximum atomic E-state index is 13.7. The van der Waals surface area contributed by atoms with E-state index in [9.17, 15) is 8.78 Å². The van der Waals surface area contributed by atoms with Gasteiger partial charge in [0.2, 0.25) is 0 Å². The summed E-state index contributed by atoms with van der Waals surface area (Å²) in [6.07, 6.45) is 5.14. The quantitative estimate of drug-likeness (QED) is 0.628. The van der Waals surface area contributed by atoms with Crippen LogP contribution in [0.1, 0.15) is 49.7 Å². The Bertz CT molecular complexity index is 623. The van der Waals surface area contributed by atoms with Crippen LogP contribution in [0.2, 0.25) is 0 Å². The molecule has 116 valence electrons. The molecule has 0 bridgehead atoms. The Kier molecular flexibility index (Phi) is 4.56. The molecule has 1 saturated carbocycles. The summed E-state index contributed by atoms with van der Waals surface area (Å²) in [4.78, 5) is 0. The zero-order valence-electron chi connectivity index (χ0n) is 13.0. The second kappa shape index (κ2) is 6.60. The van der Waals surface area contributed by atoms with Gasteiger partial charge in [-0.05, 0) is 47.4 Å². The van der Waals surface area contributed by atoms with Gasteiger partial charge in [0.05, 0.1) is 0 Å². The Balaban J connectivity index is 1.78. The summed E-state index contributed by atoms with van der Waals surface area (Å²) in [5.41, 5.74) is 3.30. The van der Waals surface area contributed by atoms with E-state index < -0.39 is 12.5 Å². The topological polar surface area (TPSA) is 0 Å². The lowest BCUT2D eigenvalue weighted by Crippen LogP contribution is -2.10. The van der Waals surface area contributed by atoms with Gasteiger partial charge in [-0.2, -0.15) is 0 Å². The number of rotatable bonds is 3. The van der Waals surface area contributed by atoms with Crippen LogP contribution in [0.25, 0.3) is 11.1 Å². The third-order valence-electron chi connectivity index (χ3n) is 4.93. The summed E-state index contributed by atoms with van der Waals surface area (Å²) in [5.74, 6) is 1.05. The van der Waals surface area contributed by atoms with Crippen molar-refractivity contribution in [2.45, 2.75) is 45.2 Å². The van der Waals surface area contributed by atoms with E-state index in [2.05, 4.69) is 31.2 Å². The lowest BCUT2D eigenvalue weighted by atomic mass is 9.79. The van der Waals surface area contributed by atoms with Crippen molar-refractivity contribution in [2.75, 3.05) is 0 Å². The van der Waals surface area contributed by atoms with Crippen LogP contribution in [0.5, 0.6) is 0 Å². The predicted molar refractivity (Wildman–Crippen MR) is 87.0 cm³/mol. The summed E-state index contributed by atoms with van der Waals surface area (Å²) in [5, 5.41) is 0. The van der Waals surface area contributed by atoms with E-state index in [0.717, 1.165) is 17.0 Å². The number of hydrogen-bond acceptors (Lipinski definition) is 0. The van der Waals surface area contributed by atoms with Crippen molar-refractivity contribution in [3.8, 4) is 11.1 Å². The fourth-order valence-electron chi connectivity index (χ4n) is 3.38. The van der Waals surface area contributed by atoms with Gasteiger partial charge >= 0.3 is 0 Å². The van der Waals surface area contributed by atoms with Crippen LogP contribution in [0, 0.1) is 11.7 Å². The van der Waals surface area contributed by atoms with Crippen LogP contribution >= 0.6 is 0 Å². The molecular weight excluding hydrogens is 278 g/mol. The molecule has 0 aliphatic heterocycles. The highest BCUT2D eigenvalue weighted by Crippen LogP contribution is 2.36. The van der Waals surface area contributed by atoms with Crippen LogP contribution in [0.4, 0.5) is 8.78 Å². The van der Waals surface area contributed by atoms with Gasteiger partial charge in [0.1, 0.15) is 12.5 Å². The largest absolute Gasteiger partial charge is 0.246 e. The molecule has 2 aromatic rings. The van der Waals surface area contributed by atoms with Crippen molar-refractivity contribution >= 4 is 0 Å². The molecule has 2 aromatic carbocycles. The normalized spacial score (nSPS) is 21.8. The monoisotopic (exact) mass is 300 g/mol. The second-order valence-electron chi connectivity index (χ2n) is 6.52. The number of alkyl halides is 1. The fraction of sp³-hybridized carbons (Fsp3) is 0.400. The number of halogens is 2. The summed E-state index contributed by atoms with van der Waals surface area (Å²) in [7, 11) is 0. The lowest BCUT2D eigenvalue weighted by Gasteiger charge is -2.26. The predicted octanol–water partition coefficient (Wildman–Crippen LogP) is 6.26. The van der Waals surface area contributed by atoms with Gasteiger partial charge in [-0.15, -0.1) is 0 Å². The third-order valence-corrected chi connectivity index (χ3v) is 4.93. The molecule has 0 radical (unpaired) electrons. The van der Waals surface area contributed by atoms with Gasteiger partial charge in [0.15, 0.2) is 0 Å². The highest BCUT2D eigenvalue weighted by molar-refractivity contribution is 5.64. The third kappa shape index (κ3) is 3.21. The smallest absolute Gasteiger partial charge is 0.129 e. The molecule has 0 heterocycles. The summed E-state index contributed by atoms with van der Waals surface area (Å²) >= 11 is 0. The first-order valence-electron chi connectivity index (χ1n) is 8.12. The fourth-order valence-corrected chi connectivity index (χ4v) is 3.38. The minimum absolute atomic E-state index is 0.122. The van der Waals surface area contributed by atoms with Crippen molar-refractivity contribution < 1.29 is 8.78 Å². The van der Waals surface area contributed by atoms with E-state index in [-0.39, 0.29) is 5.56 Å². The average Bonchev–Trinajstić information content (AvgIpc) is 2.56. The number of hydrogen-bond donors (Lipinski definition) is 0. The van der Waals surface area contributed by atoms with E-state index in [0.29, 0.717) is 5.92 Å². The van der Waals surface area contributed by atoms with E-state index in [1.807, 2.05) is 0 Å². The Hall–Kier alpha value is -1.70. The van der Waals surface area contributed by atoms with Crippen LogP contribution in [-0.4, -0.2) is 0 Å². The first kappa shape index (κ1) is 15.2. The molecule has 2 heteroatoms. The number of benzene rings is 2. The molecule has 1 fully saturated rings. The van der Waals surface area contributed by atoms with E-state index in [4.69, 9.17) is 0 Å². The van der Waals surface area contributed by atoms with Gasteiger partial charge in [-0.25, -0.2) is 8.78 Å². The molecule has 0 aromatic heterocycles. The Morgan fingerprint density at radius 3 is 2.14 bits per heavy atom. The molecule has 22 heavy (non-hydrogen) atoms. The van der Waals surface area contributed by atoms with E-state index in [1.54, 1.807) is 6.07 Å². The molecule has 1 aliphatic carbocycles. The first-order chi connectivity index (χ1) is 10.7. The molecule has 0 unspecified atom stereocenters. The van der Waals surface area contributed by atoms with Crippen molar-refractivity contribution in [3.05, 3.63) is 59.4 Å². The summed E-state index contributed by atoms with van der Waals surface area (Å²) in [6, 6.07) is 13.2. The molecular formula is C20H22F2. The summed E-state index contributed by atoms with van der Waals surface area (Å²) < 4.78 is 26.3. The minimum Gasteiger partial charge on any atom is -0.246 e. The van der Waals surface area contributed by atoms with Crippen molar-refractivity contribution in [3.63, 3.8) is 0 Å². The minimum atomic E-state index is -0.759. The first-order valence-corrected chi connectivity index (χ1v) is 8.12. The van der Waals surface area contributed by atoms with Crippen LogP contribution in [-0.2, 0) is 6.67 Å². The highest BCUT2D eigenvalue weighted by Gasteiger charge is 2.19. The molecule has 0 N–H and O–H groups in total.